The minimum atomic E-state index is -0.460. The van der Waals surface area contributed by atoms with Crippen molar-refractivity contribution in [1.29, 1.82) is 0 Å². The van der Waals surface area contributed by atoms with Crippen LogP contribution in [0.15, 0.2) is 18.2 Å². The molecule has 19 heavy (non-hydrogen) atoms. The third-order valence-corrected chi connectivity index (χ3v) is 4.42. The summed E-state index contributed by atoms with van der Waals surface area (Å²) in [5, 5.41) is 3.91. The zero-order chi connectivity index (χ0) is 13.8. The molecule has 1 aromatic carbocycles. The van der Waals surface area contributed by atoms with E-state index in [1.807, 2.05) is 0 Å². The van der Waals surface area contributed by atoms with Gasteiger partial charge in [0.15, 0.2) is 11.6 Å². The zero-order valence-corrected chi connectivity index (χ0v) is 12.4. The average molecular weight is 330 g/mol. The van der Waals surface area contributed by atoms with E-state index in [-0.39, 0.29) is 17.7 Å². The monoisotopic (exact) mass is 329 g/mol. The molecule has 1 N–H and O–H groups in total. The van der Waals surface area contributed by atoms with Gasteiger partial charge in [-0.05, 0) is 37.0 Å². The lowest BCUT2D eigenvalue weighted by Crippen LogP contribution is -2.37. The van der Waals surface area contributed by atoms with Gasteiger partial charge in [-0.1, -0.05) is 22.4 Å². The second-order valence-corrected chi connectivity index (χ2v) is 5.42. The van der Waals surface area contributed by atoms with Gasteiger partial charge in [-0.2, -0.15) is 0 Å². The normalized spacial score (nSPS) is 22.3. The Labute approximate surface area is 120 Å². The van der Waals surface area contributed by atoms with Gasteiger partial charge in [0.25, 0.3) is 5.91 Å². The van der Waals surface area contributed by atoms with Gasteiger partial charge >= 0.3 is 0 Å². The number of carbonyl (C=O) groups excluding carboxylic acids is 1. The summed E-state index contributed by atoms with van der Waals surface area (Å²) in [5.74, 6) is -0.0585. The summed E-state index contributed by atoms with van der Waals surface area (Å²) in [5.41, 5.74) is 0.429. The molecule has 0 spiro atoms. The fourth-order valence-electron chi connectivity index (χ4n) is 2.46. The Morgan fingerprint density at radius 2 is 2.32 bits per heavy atom. The predicted octanol–water partition coefficient (Wildman–Crippen LogP) is 3.13. The minimum Gasteiger partial charge on any atom is -0.494 e. The van der Waals surface area contributed by atoms with Crippen LogP contribution in [-0.2, 0) is 0 Å². The fourth-order valence-corrected chi connectivity index (χ4v) is 3.24. The number of hydrogen-bond donors (Lipinski definition) is 1. The molecule has 1 aliphatic carbocycles. The van der Waals surface area contributed by atoms with Crippen LogP contribution >= 0.6 is 15.9 Å². The maximum absolute atomic E-state index is 13.3. The molecule has 1 amide bonds. The first-order chi connectivity index (χ1) is 9.15. The molecule has 1 aromatic rings. The van der Waals surface area contributed by atoms with Gasteiger partial charge in [0.1, 0.15) is 0 Å². The number of nitrogens with one attached hydrogen (secondary N) is 1. The van der Waals surface area contributed by atoms with E-state index in [1.165, 1.54) is 25.3 Å². The molecule has 0 heterocycles. The second kappa shape index (κ2) is 6.37. The van der Waals surface area contributed by atoms with E-state index >= 15 is 0 Å². The van der Waals surface area contributed by atoms with Gasteiger partial charge in [0, 0.05) is 16.9 Å². The summed E-state index contributed by atoms with van der Waals surface area (Å²) in [6.07, 6.45) is 3.26. The summed E-state index contributed by atoms with van der Waals surface area (Å²) < 4.78 is 18.2. The first kappa shape index (κ1) is 14.3. The van der Waals surface area contributed by atoms with Crippen molar-refractivity contribution in [2.45, 2.75) is 25.3 Å². The van der Waals surface area contributed by atoms with Crippen LogP contribution in [0.25, 0.3) is 0 Å². The first-order valence-electron chi connectivity index (χ1n) is 6.36. The predicted molar refractivity (Wildman–Crippen MR) is 75.3 cm³/mol. The molecule has 3 nitrogen and oxygen atoms in total. The van der Waals surface area contributed by atoms with Gasteiger partial charge < -0.3 is 10.1 Å². The summed E-state index contributed by atoms with van der Waals surface area (Å²) in [6, 6.07) is 4.36. The highest BCUT2D eigenvalue weighted by Gasteiger charge is 2.27. The molecule has 2 rings (SSSR count). The van der Waals surface area contributed by atoms with Gasteiger partial charge in [0.05, 0.1) is 7.11 Å². The van der Waals surface area contributed by atoms with Crippen LogP contribution in [-0.4, -0.2) is 24.4 Å². The Morgan fingerprint density at radius 1 is 1.53 bits per heavy atom. The van der Waals surface area contributed by atoms with Crippen molar-refractivity contribution in [2.75, 3.05) is 12.4 Å². The Balaban J connectivity index is 2.07. The van der Waals surface area contributed by atoms with Crippen molar-refractivity contribution >= 4 is 21.8 Å². The molecular weight excluding hydrogens is 313 g/mol. The molecule has 0 aromatic heterocycles. The Hall–Kier alpha value is -1.10. The van der Waals surface area contributed by atoms with Crippen LogP contribution < -0.4 is 10.1 Å². The van der Waals surface area contributed by atoms with Crippen LogP contribution in [0.3, 0.4) is 0 Å². The topological polar surface area (TPSA) is 38.3 Å². The third kappa shape index (κ3) is 3.26. The first-order valence-corrected chi connectivity index (χ1v) is 7.48. The van der Waals surface area contributed by atoms with E-state index < -0.39 is 5.82 Å². The molecule has 0 aliphatic heterocycles. The average Bonchev–Trinajstić information content (AvgIpc) is 2.86. The van der Waals surface area contributed by atoms with E-state index in [9.17, 15) is 9.18 Å². The largest absolute Gasteiger partial charge is 0.494 e. The quantitative estimate of drug-likeness (QED) is 0.862. The Bertz CT molecular complexity index is 467. The highest BCUT2D eigenvalue weighted by molar-refractivity contribution is 9.09. The van der Waals surface area contributed by atoms with E-state index in [1.54, 1.807) is 0 Å². The van der Waals surface area contributed by atoms with Crippen LogP contribution in [0.1, 0.15) is 29.6 Å². The number of alkyl halides is 1. The van der Waals surface area contributed by atoms with Crippen LogP contribution in [0.5, 0.6) is 5.75 Å². The highest BCUT2D eigenvalue weighted by Crippen LogP contribution is 2.27. The molecule has 5 heteroatoms. The standard InChI is InChI=1S/C14H17BrFNO2/c1-19-13-7-9(5-6-11(13)16)14(18)17-12-4-2-3-10(12)8-15/h5-7,10,12H,2-4,8H2,1H3,(H,17,18). The molecule has 1 fully saturated rings. The van der Waals surface area contributed by atoms with E-state index in [4.69, 9.17) is 4.74 Å². The Morgan fingerprint density at radius 3 is 3.00 bits per heavy atom. The number of methoxy groups -OCH3 is 1. The zero-order valence-electron chi connectivity index (χ0n) is 10.8. The number of amides is 1. The van der Waals surface area contributed by atoms with Gasteiger partial charge in [0.2, 0.25) is 0 Å². The lowest BCUT2D eigenvalue weighted by Gasteiger charge is -2.19. The van der Waals surface area contributed by atoms with Crippen LogP contribution in [0.4, 0.5) is 4.39 Å². The van der Waals surface area contributed by atoms with Gasteiger partial charge in [-0.3, -0.25) is 4.79 Å². The number of carbonyl (C=O) groups is 1. The summed E-state index contributed by atoms with van der Waals surface area (Å²) in [6.45, 7) is 0. The smallest absolute Gasteiger partial charge is 0.251 e. The lowest BCUT2D eigenvalue weighted by atomic mass is 10.1. The molecule has 104 valence electrons. The Kier molecular flexibility index (Phi) is 4.80. The highest BCUT2D eigenvalue weighted by atomic mass is 79.9. The number of rotatable bonds is 4. The number of benzene rings is 1. The van der Waals surface area contributed by atoms with Crippen molar-refractivity contribution in [1.82, 2.24) is 5.32 Å². The third-order valence-electron chi connectivity index (χ3n) is 3.59. The fraction of sp³-hybridized carbons (Fsp3) is 0.500. The molecule has 0 radical (unpaired) electrons. The van der Waals surface area contributed by atoms with Gasteiger partial charge in [-0.25, -0.2) is 4.39 Å². The molecule has 2 unspecified atom stereocenters. The van der Waals surface area contributed by atoms with E-state index in [0.29, 0.717) is 11.5 Å². The second-order valence-electron chi connectivity index (χ2n) is 4.77. The van der Waals surface area contributed by atoms with Gasteiger partial charge in [-0.15, -0.1) is 0 Å². The minimum absolute atomic E-state index is 0.0936. The van der Waals surface area contributed by atoms with E-state index in [2.05, 4.69) is 21.2 Å². The van der Waals surface area contributed by atoms with Crippen molar-refractivity contribution < 1.29 is 13.9 Å². The summed E-state index contributed by atoms with van der Waals surface area (Å²) in [4.78, 5) is 12.1. The maximum Gasteiger partial charge on any atom is 0.251 e. The van der Waals surface area contributed by atoms with Crippen molar-refractivity contribution in [3.63, 3.8) is 0 Å². The van der Waals surface area contributed by atoms with E-state index in [0.717, 1.165) is 24.6 Å². The van der Waals surface area contributed by atoms with Crippen LogP contribution in [0.2, 0.25) is 0 Å². The van der Waals surface area contributed by atoms with Crippen LogP contribution in [0, 0.1) is 11.7 Å². The number of hydrogen-bond acceptors (Lipinski definition) is 2. The number of ether oxygens (including phenoxy) is 1. The summed E-state index contributed by atoms with van der Waals surface area (Å²) in [7, 11) is 1.39. The maximum atomic E-state index is 13.3. The molecule has 1 saturated carbocycles. The van der Waals surface area contributed by atoms with Crippen molar-refractivity contribution in [3.05, 3.63) is 29.6 Å². The lowest BCUT2D eigenvalue weighted by molar-refractivity contribution is 0.0930. The summed E-state index contributed by atoms with van der Waals surface area (Å²) >= 11 is 3.47. The molecule has 0 saturated heterocycles. The molecule has 2 atom stereocenters. The van der Waals surface area contributed by atoms with Crippen molar-refractivity contribution in [3.8, 4) is 5.75 Å². The molecule has 0 bridgehead atoms. The van der Waals surface area contributed by atoms with Crippen molar-refractivity contribution in [2.24, 2.45) is 5.92 Å². The molecular formula is C14H17BrFNO2. The SMILES string of the molecule is COc1cc(C(=O)NC2CCCC2CBr)ccc1F. The number of halogens is 2. The molecule has 1 aliphatic rings.